The summed E-state index contributed by atoms with van der Waals surface area (Å²) in [6, 6.07) is 6.89. The number of anilines is 2. The van der Waals surface area contributed by atoms with Gasteiger partial charge in [-0.1, -0.05) is 18.6 Å². The third-order valence-electron chi connectivity index (χ3n) is 6.00. The molecule has 2 heterocycles. The van der Waals surface area contributed by atoms with Crippen LogP contribution in [0.2, 0.25) is 0 Å². The molecule has 1 aliphatic rings. The van der Waals surface area contributed by atoms with E-state index in [0.29, 0.717) is 43.7 Å². The predicted octanol–water partition coefficient (Wildman–Crippen LogP) is 3.15. The number of benzene rings is 1. The Morgan fingerprint density at radius 1 is 1.23 bits per heavy atom. The molecule has 11 heteroatoms. The maximum absolute atomic E-state index is 11.7. The van der Waals surface area contributed by atoms with Crippen LogP contribution in [0.4, 0.5) is 16.6 Å². The fraction of sp³-hybridized carbons (Fsp3) is 0.500. The van der Waals surface area contributed by atoms with Gasteiger partial charge in [0.2, 0.25) is 5.95 Å². The van der Waals surface area contributed by atoms with E-state index in [1.807, 2.05) is 11.6 Å². The first kappa shape index (κ1) is 24.7. The second-order valence-electron chi connectivity index (χ2n) is 8.33. The minimum atomic E-state index is -0.645. The van der Waals surface area contributed by atoms with Gasteiger partial charge in [-0.05, 0) is 31.4 Å². The molecule has 0 bridgehead atoms. The van der Waals surface area contributed by atoms with E-state index >= 15 is 0 Å². The highest BCUT2D eigenvalue weighted by Gasteiger charge is 2.18. The van der Waals surface area contributed by atoms with Crippen molar-refractivity contribution >= 4 is 28.9 Å². The average Bonchev–Trinajstić information content (AvgIpc) is 3.24. The van der Waals surface area contributed by atoms with Crippen molar-refractivity contribution in [3.05, 3.63) is 35.5 Å². The van der Waals surface area contributed by atoms with E-state index in [4.69, 9.17) is 9.47 Å². The summed E-state index contributed by atoms with van der Waals surface area (Å²) in [5.74, 6) is 1.47. The molecule has 1 aliphatic carbocycles. The molecule has 4 rings (SSSR count). The maximum Gasteiger partial charge on any atom is 0.413 e. The molecular weight excluding hydrogens is 450 g/mol. The Labute approximate surface area is 204 Å². The Balaban J connectivity index is 1.58. The third kappa shape index (κ3) is 6.17. The van der Waals surface area contributed by atoms with Crippen molar-refractivity contribution in [2.75, 3.05) is 44.6 Å². The maximum atomic E-state index is 11.7. The Bertz CT molecular complexity index is 1150. The summed E-state index contributed by atoms with van der Waals surface area (Å²) in [5.41, 5.74) is 3.48. The lowest BCUT2D eigenvalue weighted by Crippen LogP contribution is -2.34. The van der Waals surface area contributed by atoms with E-state index in [1.54, 1.807) is 13.3 Å². The topological polar surface area (TPSA) is 124 Å². The number of amides is 1. The highest BCUT2D eigenvalue weighted by molar-refractivity contribution is 5.89. The Morgan fingerprint density at radius 2 is 2.09 bits per heavy atom. The summed E-state index contributed by atoms with van der Waals surface area (Å²) < 4.78 is 17.6. The monoisotopic (exact) mass is 483 g/mol. The number of carbonyl (C=O) groups excluding carboxylic acids is 1. The fourth-order valence-electron chi connectivity index (χ4n) is 3.89. The fourth-order valence-corrected chi connectivity index (χ4v) is 3.89. The molecule has 1 fully saturated rings. The zero-order valence-corrected chi connectivity index (χ0v) is 20.5. The molecule has 3 aromatic rings. The van der Waals surface area contributed by atoms with Gasteiger partial charge in [0.15, 0.2) is 5.82 Å². The number of methoxy groups -OCH3 is 2. The average molecular weight is 484 g/mol. The summed E-state index contributed by atoms with van der Waals surface area (Å²) >= 11 is 0. The van der Waals surface area contributed by atoms with Crippen molar-refractivity contribution in [3.63, 3.8) is 0 Å². The number of nitrogens with one attached hydrogen (secondary N) is 3. The van der Waals surface area contributed by atoms with Crippen molar-refractivity contribution in [1.29, 1.82) is 0 Å². The van der Waals surface area contributed by atoms with Crippen molar-refractivity contribution in [3.8, 4) is 5.75 Å². The van der Waals surface area contributed by atoms with Crippen LogP contribution in [-0.4, -0.2) is 65.9 Å². The molecule has 0 unspecified atom stereocenters. The molecule has 3 N–H and O–H groups in total. The van der Waals surface area contributed by atoms with Gasteiger partial charge in [-0.15, -0.1) is 0 Å². The number of aromatic nitrogens is 4. The van der Waals surface area contributed by atoms with Crippen LogP contribution in [0.3, 0.4) is 0 Å². The van der Waals surface area contributed by atoms with Crippen molar-refractivity contribution in [2.24, 2.45) is 0 Å². The van der Waals surface area contributed by atoms with Gasteiger partial charge in [-0.2, -0.15) is 10.1 Å². The molecule has 0 radical (unpaired) electrons. The van der Waals surface area contributed by atoms with Crippen LogP contribution in [-0.2, 0) is 22.6 Å². The zero-order chi connectivity index (χ0) is 24.6. The highest BCUT2D eigenvalue weighted by atomic mass is 16.5. The van der Waals surface area contributed by atoms with Gasteiger partial charge >= 0.3 is 6.09 Å². The molecule has 1 amide bonds. The van der Waals surface area contributed by atoms with Gasteiger partial charge in [-0.3, -0.25) is 10.00 Å². The molecular formula is C24H33N7O4. The van der Waals surface area contributed by atoms with E-state index in [9.17, 15) is 4.79 Å². The van der Waals surface area contributed by atoms with E-state index in [0.717, 1.165) is 23.4 Å². The van der Waals surface area contributed by atoms with Gasteiger partial charge in [0.1, 0.15) is 16.8 Å². The summed E-state index contributed by atoms with van der Waals surface area (Å²) in [7, 11) is 2.97. The lowest BCUT2D eigenvalue weighted by Gasteiger charge is -2.26. The second kappa shape index (κ2) is 11.8. The second-order valence-corrected chi connectivity index (χ2v) is 8.33. The van der Waals surface area contributed by atoms with Gasteiger partial charge < -0.3 is 24.8 Å². The number of rotatable bonds is 12. The van der Waals surface area contributed by atoms with E-state index in [-0.39, 0.29) is 5.95 Å². The van der Waals surface area contributed by atoms with Crippen LogP contribution >= 0.6 is 0 Å². The van der Waals surface area contributed by atoms with E-state index in [2.05, 4.69) is 54.0 Å². The summed E-state index contributed by atoms with van der Waals surface area (Å²) in [6.07, 6.45) is 4.82. The molecule has 35 heavy (non-hydrogen) atoms. The normalized spacial score (nSPS) is 13.5. The molecule has 11 nitrogen and oxygen atoms in total. The number of ether oxygens (including phenoxy) is 3. The zero-order valence-electron chi connectivity index (χ0n) is 20.5. The number of fused-ring (bicyclic) bond motifs is 1. The van der Waals surface area contributed by atoms with Crippen LogP contribution in [0.5, 0.6) is 5.75 Å². The molecule has 2 aromatic heterocycles. The quantitative estimate of drug-likeness (QED) is 0.333. The van der Waals surface area contributed by atoms with E-state index in [1.165, 1.54) is 31.9 Å². The number of nitrogens with zero attached hydrogens (tertiary/aromatic N) is 4. The molecule has 0 atom stereocenters. The number of hydrogen-bond donors (Lipinski definition) is 3. The summed E-state index contributed by atoms with van der Waals surface area (Å²) in [4.78, 5) is 20.6. The van der Waals surface area contributed by atoms with Gasteiger partial charge in [0.05, 0.1) is 33.6 Å². The highest BCUT2D eigenvalue weighted by Crippen LogP contribution is 2.27. The van der Waals surface area contributed by atoms with Crippen LogP contribution < -0.4 is 20.7 Å². The first-order chi connectivity index (χ1) is 17.1. The van der Waals surface area contributed by atoms with E-state index < -0.39 is 6.09 Å². The molecule has 1 aromatic carbocycles. The molecule has 188 valence electrons. The Morgan fingerprint density at radius 3 is 2.80 bits per heavy atom. The number of carbonyl (C=O) groups is 1. The number of hydrogen-bond acceptors (Lipinski definition) is 9. The summed E-state index contributed by atoms with van der Waals surface area (Å²) in [6.45, 7) is 4.91. The van der Waals surface area contributed by atoms with Crippen LogP contribution in [0.15, 0.2) is 24.4 Å². The molecule has 0 aliphatic heterocycles. The van der Waals surface area contributed by atoms with Gasteiger partial charge in [0, 0.05) is 31.3 Å². The van der Waals surface area contributed by atoms with Gasteiger partial charge in [-0.25, -0.2) is 9.78 Å². The van der Waals surface area contributed by atoms with Crippen molar-refractivity contribution in [1.82, 2.24) is 25.1 Å². The smallest absolute Gasteiger partial charge is 0.413 e. The molecule has 0 spiro atoms. The minimum Gasteiger partial charge on any atom is -0.496 e. The third-order valence-corrected chi connectivity index (χ3v) is 6.00. The first-order valence-electron chi connectivity index (χ1n) is 11.9. The lowest BCUT2D eigenvalue weighted by atomic mass is 9.93. The summed E-state index contributed by atoms with van der Waals surface area (Å²) in [5, 5.41) is 13.9. The van der Waals surface area contributed by atoms with Crippen LogP contribution in [0, 0.1) is 0 Å². The largest absolute Gasteiger partial charge is 0.496 e. The SMILES string of the molecule is CCOCCNc1nc(NC(=O)OC)nc2cnn(Cc3ccc(CNC4CCC4)cc3OC)c12. The first-order valence-corrected chi connectivity index (χ1v) is 11.9. The van der Waals surface area contributed by atoms with Crippen molar-refractivity contribution in [2.45, 2.75) is 45.3 Å². The molecule has 0 saturated heterocycles. The van der Waals surface area contributed by atoms with Crippen molar-refractivity contribution < 1.29 is 19.0 Å². The van der Waals surface area contributed by atoms with Crippen LogP contribution in [0.1, 0.15) is 37.3 Å². The minimum absolute atomic E-state index is 0.128. The Hall–Kier alpha value is -3.44. The lowest BCUT2D eigenvalue weighted by molar-refractivity contribution is 0.158. The standard InChI is InChI=1S/C24H33N7O4/c1-4-35-11-10-25-22-21-19(28-23(29-22)30-24(32)34-3)14-27-31(21)15-17-9-8-16(12-20(17)33-2)13-26-18-6-5-7-18/h8-9,12,14,18,26H,4-7,10-11,13,15H2,1-3H3,(H2,25,28,29,30,32). The Kier molecular flexibility index (Phi) is 8.32. The van der Waals surface area contributed by atoms with Gasteiger partial charge in [0.25, 0.3) is 0 Å². The molecule has 1 saturated carbocycles. The predicted molar refractivity (Wildman–Crippen MR) is 133 cm³/mol. The van der Waals surface area contributed by atoms with Crippen LogP contribution in [0.25, 0.3) is 11.0 Å².